The lowest BCUT2D eigenvalue weighted by molar-refractivity contribution is -0.125. The molecule has 1 aromatic heterocycles. The summed E-state index contributed by atoms with van der Waals surface area (Å²) in [5, 5.41) is 2.28. The first kappa shape index (κ1) is 19.9. The molecular formula is C16H27F3N2. The number of nitrogens with one attached hydrogen (secondary N) is 1. The van der Waals surface area contributed by atoms with E-state index in [0.717, 1.165) is 5.69 Å². The predicted molar refractivity (Wildman–Crippen MR) is 81.2 cm³/mol. The first-order chi connectivity index (χ1) is 9.97. The van der Waals surface area contributed by atoms with E-state index in [-0.39, 0.29) is 6.54 Å². The second kappa shape index (κ2) is 11.5. The zero-order chi connectivity index (χ0) is 16.1. The van der Waals surface area contributed by atoms with E-state index in [9.17, 15) is 13.2 Å². The highest BCUT2D eigenvalue weighted by atomic mass is 19.4. The molecule has 1 aliphatic carbocycles. The van der Waals surface area contributed by atoms with Crippen molar-refractivity contribution in [3.63, 3.8) is 0 Å². The third kappa shape index (κ3) is 12.4. The summed E-state index contributed by atoms with van der Waals surface area (Å²) in [7, 11) is 0. The minimum absolute atomic E-state index is 0.140. The normalized spacial score (nSPS) is 13.8. The summed E-state index contributed by atoms with van der Waals surface area (Å²) in [5.41, 5.74) is 1.42. The Balaban J connectivity index is 0.000000473. The minimum Gasteiger partial charge on any atom is -0.303 e. The fourth-order valence-corrected chi connectivity index (χ4v) is 1.91. The molecule has 1 heterocycles. The summed E-state index contributed by atoms with van der Waals surface area (Å²) in [6.45, 7) is 4.96. The van der Waals surface area contributed by atoms with Crippen LogP contribution in [0.15, 0.2) is 18.2 Å². The van der Waals surface area contributed by atoms with Crippen LogP contribution in [0.1, 0.15) is 57.3 Å². The number of pyridine rings is 1. The van der Waals surface area contributed by atoms with Gasteiger partial charge in [0.1, 0.15) is 0 Å². The molecule has 0 saturated heterocycles. The van der Waals surface area contributed by atoms with Gasteiger partial charge in [-0.15, -0.1) is 0 Å². The Kier molecular flexibility index (Phi) is 10.9. The molecule has 0 radical (unpaired) electrons. The van der Waals surface area contributed by atoms with Crippen LogP contribution in [0.4, 0.5) is 13.2 Å². The van der Waals surface area contributed by atoms with Crippen LogP contribution in [0.2, 0.25) is 0 Å². The van der Waals surface area contributed by atoms with Crippen molar-refractivity contribution < 1.29 is 13.2 Å². The smallest absolute Gasteiger partial charge is 0.303 e. The van der Waals surface area contributed by atoms with E-state index in [2.05, 4.69) is 10.3 Å². The molecule has 21 heavy (non-hydrogen) atoms. The maximum absolute atomic E-state index is 11.8. The Morgan fingerprint density at radius 2 is 1.57 bits per heavy atom. The van der Waals surface area contributed by atoms with E-state index in [1.54, 1.807) is 25.1 Å². The molecule has 1 fully saturated rings. The van der Waals surface area contributed by atoms with Crippen molar-refractivity contribution in [3.05, 3.63) is 29.6 Å². The Bertz CT molecular complexity index is 353. The van der Waals surface area contributed by atoms with Gasteiger partial charge in [0.05, 0.1) is 12.2 Å². The van der Waals surface area contributed by atoms with Crippen molar-refractivity contribution >= 4 is 0 Å². The van der Waals surface area contributed by atoms with E-state index >= 15 is 0 Å². The number of rotatable bonds is 3. The van der Waals surface area contributed by atoms with Gasteiger partial charge in [-0.3, -0.25) is 4.98 Å². The highest BCUT2D eigenvalue weighted by Crippen LogP contribution is 2.15. The van der Waals surface area contributed by atoms with Crippen molar-refractivity contribution in [2.45, 2.75) is 65.6 Å². The van der Waals surface area contributed by atoms with Crippen LogP contribution >= 0.6 is 0 Å². The zero-order valence-electron chi connectivity index (χ0n) is 13.3. The lowest BCUT2D eigenvalue weighted by Gasteiger charge is -2.07. The van der Waals surface area contributed by atoms with Crippen LogP contribution in [0.25, 0.3) is 0 Å². The zero-order valence-corrected chi connectivity index (χ0v) is 13.3. The predicted octanol–water partition coefficient (Wildman–Crippen LogP) is 5.02. The van der Waals surface area contributed by atoms with Crippen LogP contribution in [0.5, 0.6) is 0 Å². The molecule has 0 bridgehead atoms. The van der Waals surface area contributed by atoms with Gasteiger partial charge in [-0.1, -0.05) is 52.0 Å². The largest absolute Gasteiger partial charge is 0.401 e. The molecule has 0 aromatic carbocycles. The maximum atomic E-state index is 11.8. The van der Waals surface area contributed by atoms with E-state index in [4.69, 9.17) is 0 Å². The molecule has 0 amide bonds. The van der Waals surface area contributed by atoms with Gasteiger partial charge in [0.15, 0.2) is 0 Å². The minimum atomic E-state index is -4.16. The second-order valence-corrected chi connectivity index (χ2v) is 4.76. The Hall–Kier alpha value is -1.10. The van der Waals surface area contributed by atoms with E-state index in [1.807, 2.05) is 13.8 Å². The van der Waals surface area contributed by atoms with Gasteiger partial charge in [0.2, 0.25) is 0 Å². The SMILES string of the molecule is C1CCCC1.CC.Cc1cccc(CNCC(F)(F)F)n1. The summed E-state index contributed by atoms with van der Waals surface area (Å²) in [6, 6.07) is 5.26. The highest BCUT2D eigenvalue weighted by Gasteiger charge is 2.26. The molecule has 1 saturated carbocycles. The van der Waals surface area contributed by atoms with E-state index in [1.165, 1.54) is 32.1 Å². The lowest BCUT2D eigenvalue weighted by Crippen LogP contribution is -2.28. The van der Waals surface area contributed by atoms with Gasteiger partial charge in [-0.05, 0) is 19.1 Å². The topological polar surface area (TPSA) is 24.9 Å². The average molecular weight is 304 g/mol. The highest BCUT2D eigenvalue weighted by molar-refractivity contribution is 5.09. The van der Waals surface area contributed by atoms with E-state index in [0.29, 0.717) is 5.69 Å². The summed E-state index contributed by atoms with van der Waals surface area (Å²) < 4.78 is 35.3. The Morgan fingerprint density at radius 3 is 2.00 bits per heavy atom. The second-order valence-electron chi connectivity index (χ2n) is 4.76. The Labute approximate surface area is 126 Å². The summed E-state index contributed by atoms with van der Waals surface area (Å²) >= 11 is 0. The molecule has 1 N–H and O–H groups in total. The van der Waals surface area contributed by atoms with Crippen LogP contribution in [-0.4, -0.2) is 17.7 Å². The van der Waals surface area contributed by atoms with Gasteiger partial charge < -0.3 is 5.32 Å². The molecule has 0 aliphatic heterocycles. The number of nitrogens with zero attached hydrogens (tertiary/aromatic N) is 1. The van der Waals surface area contributed by atoms with Crippen molar-refractivity contribution in [3.8, 4) is 0 Å². The number of alkyl halides is 3. The summed E-state index contributed by atoms with van der Waals surface area (Å²) in [5.74, 6) is 0. The van der Waals surface area contributed by atoms with Crippen LogP contribution in [-0.2, 0) is 6.54 Å². The quantitative estimate of drug-likeness (QED) is 0.848. The third-order valence-corrected chi connectivity index (χ3v) is 2.83. The molecule has 1 aliphatic rings. The van der Waals surface area contributed by atoms with Crippen molar-refractivity contribution in [1.29, 1.82) is 0 Å². The van der Waals surface area contributed by atoms with Gasteiger partial charge in [-0.25, -0.2) is 0 Å². The molecule has 1 aromatic rings. The molecule has 0 spiro atoms. The molecule has 5 heteroatoms. The van der Waals surface area contributed by atoms with Gasteiger partial charge in [0.25, 0.3) is 0 Å². The number of aromatic nitrogens is 1. The molecule has 0 unspecified atom stereocenters. The fourth-order valence-electron chi connectivity index (χ4n) is 1.91. The number of hydrogen-bond acceptors (Lipinski definition) is 2. The van der Waals surface area contributed by atoms with Crippen molar-refractivity contribution in [1.82, 2.24) is 10.3 Å². The standard InChI is InChI=1S/C9H11F3N2.C5H10.C2H6/c1-7-3-2-4-8(14-7)5-13-6-9(10,11)12;1-2-4-5-3-1;1-2/h2-4,13H,5-6H2,1H3;1-5H2;1-2H3. The number of aryl methyl sites for hydroxylation is 1. The van der Waals surface area contributed by atoms with Gasteiger partial charge in [0, 0.05) is 12.2 Å². The van der Waals surface area contributed by atoms with Crippen LogP contribution in [0.3, 0.4) is 0 Å². The fraction of sp³-hybridized carbons (Fsp3) is 0.688. The molecule has 0 atom stereocenters. The van der Waals surface area contributed by atoms with E-state index < -0.39 is 12.7 Å². The number of hydrogen-bond donors (Lipinski definition) is 1. The Morgan fingerprint density at radius 1 is 1.05 bits per heavy atom. The van der Waals surface area contributed by atoms with Crippen molar-refractivity contribution in [2.24, 2.45) is 0 Å². The van der Waals surface area contributed by atoms with Gasteiger partial charge in [-0.2, -0.15) is 13.2 Å². The third-order valence-electron chi connectivity index (χ3n) is 2.83. The summed E-state index contributed by atoms with van der Waals surface area (Å²) in [4.78, 5) is 4.06. The maximum Gasteiger partial charge on any atom is 0.401 e. The average Bonchev–Trinajstić information content (AvgIpc) is 2.99. The first-order valence-electron chi connectivity index (χ1n) is 7.67. The van der Waals surface area contributed by atoms with Crippen LogP contribution in [0, 0.1) is 6.92 Å². The first-order valence-corrected chi connectivity index (χ1v) is 7.67. The van der Waals surface area contributed by atoms with Gasteiger partial charge >= 0.3 is 6.18 Å². The molecule has 2 nitrogen and oxygen atoms in total. The lowest BCUT2D eigenvalue weighted by atomic mass is 10.3. The molecular weight excluding hydrogens is 277 g/mol. The monoisotopic (exact) mass is 304 g/mol. The summed E-state index contributed by atoms with van der Waals surface area (Å²) in [6.07, 6.45) is 3.34. The molecule has 122 valence electrons. The van der Waals surface area contributed by atoms with Crippen LogP contribution < -0.4 is 5.32 Å². The molecule has 2 rings (SSSR count). The van der Waals surface area contributed by atoms with Crippen molar-refractivity contribution in [2.75, 3.05) is 6.54 Å². The number of halogens is 3.